The Hall–Kier alpha value is -1.40. The van der Waals surface area contributed by atoms with Gasteiger partial charge in [-0.2, -0.15) is 0 Å². The van der Waals surface area contributed by atoms with Gasteiger partial charge in [0, 0.05) is 18.8 Å². The van der Waals surface area contributed by atoms with Gasteiger partial charge >= 0.3 is 0 Å². The first-order valence-corrected chi connectivity index (χ1v) is 4.77. The fourth-order valence-electron chi connectivity index (χ4n) is 1.22. The SMILES string of the molecule is CC#CCC(NCC)c1cnccn1. The Bertz CT molecular complexity index is 310. The maximum atomic E-state index is 4.26. The summed E-state index contributed by atoms with van der Waals surface area (Å²) in [5.41, 5.74) is 0.956. The van der Waals surface area contributed by atoms with Crippen molar-refractivity contribution in [2.24, 2.45) is 0 Å². The first kappa shape index (κ1) is 10.7. The van der Waals surface area contributed by atoms with E-state index in [0.29, 0.717) is 0 Å². The van der Waals surface area contributed by atoms with Crippen molar-refractivity contribution in [1.82, 2.24) is 15.3 Å². The first-order valence-electron chi connectivity index (χ1n) is 4.77. The third-order valence-electron chi connectivity index (χ3n) is 1.87. The minimum atomic E-state index is 0.196. The molecule has 1 aromatic rings. The normalized spacial score (nSPS) is 11.6. The van der Waals surface area contributed by atoms with Gasteiger partial charge in [0.25, 0.3) is 0 Å². The van der Waals surface area contributed by atoms with E-state index < -0.39 is 0 Å². The first-order chi connectivity index (χ1) is 6.88. The van der Waals surface area contributed by atoms with E-state index >= 15 is 0 Å². The highest BCUT2D eigenvalue weighted by Gasteiger charge is 2.09. The summed E-state index contributed by atoms with van der Waals surface area (Å²) in [6, 6.07) is 0.196. The molecule has 0 aliphatic rings. The molecule has 3 heteroatoms. The smallest absolute Gasteiger partial charge is 0.0765 e. The topological polar surface area (TPSA) is 37.8 Å². The van der Waals surface area contributed by atoms with E-state index in [4.69, 9.17) is 0 Å². The number of nitrogens with zero attached hydrogens (tertiary/aromatic N) is 2. The van der Waals surface area contributed by atoms with Crippen LogP contribution in [-0.2, 0) is 0 Å². The van der Waals surface area contributed by atoms with Crippen LogP contribution in [0.4, 0.5) is 0 Å². The van der Waals surface area contributed by atoms with Crippen molar-refractivity contribution in [3.8, 4) is 11.8 Å². The van der Waals surface area contributed by atoms with Gasteiger partial charge in [-0.05, 0) is 13.5 Å². The van der Waals surface area contributed by atoms with Crippen LogP contribution in [0.25, 0.3) is 0 Å². The van der Waals surface area contributed by atoms with Gasteiger partial charge in [-0.15, -0.1) is 11.8 Å². The summed E-state index contributed by atoms with van der Waals surface area (Å²) < 4.78 is 0. The molecule has 1 aromatic heterocycles. The zero-order valence-corrected chi connectivity index (χ0v) is 8.62. The number of hydrogen-bond acceptors (Lipinski definition) is 3. The molecule has 0 radical (unpaired) electrons. The van der Waals surface area contributed by atoms with Crippen LogP contribution in [0.3, 0.4) is 0 Å². The largest absolute Gasteiger partial charge is 0.308 e. The van der Waals surface area contributed by atoms with Crippen molar-refractivity contribution in [2.45, 2.75) is 26.3 Å². The summed E-state index contributed by atoms with van der Waals surface area (Å²) in [6.07, 6.45) is 5.95. The maximum Gasteiger partial charge on any atom is 0.0765 e. The molecule has 14 heavy (non-hydrogen) atoms. The molecule has 0 spiro atoms. The Kier molecular flexibility index (Phi) is 4.66. The van der Waals surface area contributed by atoms with Crippen LogP contribution in [0.2, 0.25) is 0 Å². The number of aromatic nitrogens is 2. The van der Waals surface area contributed by atoms with Crippen molar-refractivity contribution in [2.75, 3.05) is 6.54 Å². The predicted octanol–water partition coefficient (Wildman–Crippen LogP) is 1.54. The highest BCUT2D eigenvalue weighted by Crippen LogP contribution is 2.11. The summed E-state index contributed by atoms with van der Waals surface area (Å²) in [7, 11) is 0. The lowest BCUT2D eigenvalue weighted by Crippen LogP contribution is -2.21. The number of nitrogens with one attached hydrogen (secondary N) is 1. The fraction of sp³-hybridized carbons (Fsp3) is 0.455. The van der Waals surface area contributed by atoms with E-state index in [0.717, 1.165) is 18.7 Å². The zero-order chi connectivity index (χ0) is 10.2. The molecule has 0 fully saturated rings. The second-order valence-electron chi connectivity index (χ2n) is 2.87. The number of hydrogen-bond donors (Lipinski definition) is 1. The molecule has 0 aliphatic carbocycles. The van der Waals surface area contributed by atoms with Gasteiger partial charge in [-0.25, -0.2) is 0 Å². The van der Waals surface area contributed by atoms with Crippen LogP contribution in [0.1, 0.15) is 32.0 Å². The summed E-state index contributed by atoms with van der Waals surface area (Å²) in [6.45, 7) is 4.83. The van der Waals surface area contributed by atoms with Gasteiger partial charge in [0.05, 0.1) is 17.9 Å². The van der Waals surface area contributed by atoms with E-state index in [2.05, 4.69) is 34.0 Å². The highest BCUT2D eigenvalue weighted by molar-refractivity contribution is 5.08. The fourth-order valence-corrected chi connectivity index (χ4v) is 1.22. The summed E-state index contributed by atoms with van der Waals surface area (Å²) in [5.74, 6) is 5.94. The molecule has 1 heterocycles. The standard InChI is InChI=1S/C11H15N3/c1-3-5-6-10(13-4-2)11-9-12-7-8-14-11/h7-10,13H,4,6H2,1-2H3. The lowest BCUT2D eigenvalue weighted by Gasteiger charge is -2.13. The predicted molar refractivity (Wildman–Crippen MR) is 56.5 cm³/mol. The summed E-state index contributed by atoms with van der Waals surface area (Å²) in [4.78, 5) is 8.30. The van der Waals surface area contributed by atoms with Crippen molar-refractivity contribution in [3.05, 3.63) is 24.3 Å². The third kappa shape index (κ3) is 3.15. The molecule has 1 rings (SSSR count). The molecule has 0 saturated carbocycles. The van der Waals surface area contributed by atoms with E-state index in [-0.39, 0.29) is 6.04 Å². The van der Waals surface area contributed by atoms with E-state index in [9.17, 15) is 0 Å². The monoisotopic (exact) mass is 189 g/mol. The molecule has 74 valence electrons. The Morgan fingerprint density at radius 3 is 2.93 bits per heavy atom. The quantitative estimate of drug-likeness (QED) is 0.730. The van der Waals surface area contributed by atoms with Gasteiger partial charge in [0.1, 0.15) is 0 Å². The van der Waals surface area contributed by atoms with E-state index in [1.165, 1.54) is 0 Å². The van der Waals surface area contributed by atoms with Gasteiger partial charge in [-0.1, -0.05) is 6.92 Å². The Morgan fingerprint density at radius 2 is 2.36 bits per heavy atom. The van der Waals surface area contributed by atoms with Crippen LogP contribution in [0, 0.1) is 11.8 Å². The molecule has 1 unspecified atom stereocenters. The molecular formula is C11H15N3. The zero-order valence-electron chi connectivity index (χ0n) is 8.62. The van der Waals surface area contributed by atoms with E-state index in [1.54, 1.807) is 18.6 Å². The molecule has 0 saturated heterocycles. The van der Waals surface area contributed by atoms with Crippen LogP contribution >= 0.6 is 0 Å². The second kappa shape index (κ2) is 6.11. The van der Waals surface area contributed by atoms with Crippen LogP contribution in [0.15, 0.2) is 18.6 Å². The number of rotatable bonds is 4. The Balaban J connectivity index is 2.70. The minimum Gasteiger partial charge on any atom is -0.308 e. The molecule has 0 aromatic carbocycles. The molecule has 1 N–H and O–H groups in total. The van der Waals surface area contributed by atoms with Crippen LogP contribution in [0.5, 0.6) is 0 Å². The minimum absolute atomic E-state index is 0.196. The molecule has 0 aliphatic heterocycles. The lowest BCUT2D eigenvalue weighted by molar-refractivity contribution is 0.549. The van der Waals surface area contributed by atoms with E-state index in [1.807, 2.05) is 6.92 Å². The molecule has 3 nitrogen and oxygen atoms in total. The highest BCUT2D eigenvalue weighted by atomic mass is 14.9. The van der Waals surface area contributed by atoms with Gasteiger partial charge in [0.2, 0.25) is 0 Å². The van der Waals surface area contributed by atoms with Gasteiger partial charge in [0.15, 0.2) is 0 Å². The molecule has 1 atom stereocenters. The van der Waals surface area contributed by atoms with Crippen molar-refractivity contribution in [1.29, 1.82) is 0 Å². The summed E-state index contributed by atoms with van der Waals surface area (Å²) in [5, 5.41) is 3.33. The van der Waals surface area contributed by atoms with Crippen molar-refractivity contribution < 1.29 is 0 Å². The lowest BCUT2D eigenvalue weighted by atomic mass is 10.1. The Morgan fingerprint density at radius 1 is 1.50 bits per heavy atom. The van der Waals surface area contributed by atoms with Crippen molar-refractivity contribution >= 4 is 0 Å². The Labute approximate surface area is 85.0 Å². The second-order valence-corrected chi connectivity index (χ2v) is 2.87. The molecule has 0 amide bonds. The third-order valence-corrected chi connectivity index (χ3v) is 1.87. The molecular weight excluding hydrogens is 174 g/mol. The summed E-state index contributed by atoms with van der Waals surface area (Å²) >= 11 is 0. The van der Waals surface area contributed by atoms with Gasteiger partial charge < -0.3 is 5.32 Å². The maximum absolute atomic E-state index is 4.26. The average molecular weight is 189 g/mol. The van der Waals surface area contributed by atoms with Gasteiger partial charge in [-0.3, -0.25) is 9.97 Å². The molecule has 0 bridgehead atoms. The van der Waals surface area contributed by atoms with Crippen LogP contribution in [-0.4, -0.2) is 16.5 Å². The average Bonchev–Trinajstić information content (AvgIpc) is 2.25. The van der Waals surface area contributed by atoms with Crippen molar-refractivity contribution in [3.63, 3.8) is 0 Å². The van der Waals surface area contributed by atoms with Crippen LogP contribution < -0.4 is 5.32 Å².